The monoisotopic (exact) mass is 685 g/mol. The lowest BCUT2D eigenvalue weighted by Gasteiger charge is -2.30. The van der Waals surface area contributed by atoms with Gasteiger partial charge in [-0.05, 0) is 48.8 Å². The molecule has 16 heteroatoms. The first kappa shape index (κ1) is 34.9. The maximum absolute atomic E-state index is 15.7. The number of nitrogens with zero attached hydrogens (tertiary/aromatic N) is 1. The van der Waals surface area contributed by atoms with Crippen molar-refractivity contribution in [3.63, 3.8) is 0 Å². The molecule has 0 saturated heterocycles. The Balaban J connectivity index is 1.62. The number of aromatic amines is 1. The van der Waals surface area contributed by atoms with Crippen molar-refractivity contribution in [1.82, 2.24) is 20.6 Å². The summed E-state index contributed by atoms with van der Waals surface area (Å²) in [5.74, 6) is -4.94. The highest BCUT2D eigenvalue weighted by molar-refractivity contribution is 6.39. The van der Waals surface area contributed by atoms with Gasteiger partial charge in [-0.25, -0.2) is 9.37 Å². The quantitative estimate of drug-likeness (QED) is 0.169. The second-order valence-electron chi connectivity index (χ2n) is 12.2. The fourth-order valence-electron chi connectivity index (χ4n) is 4.98. The van der Waals surface area contributed by atoms with E-state index in [1.54, 1.807) is 12.1 Å². The molecule has 7 nitrogen and oxygen atoms in total. The largest absolute Gasteiger partial charge is 0.480 e. The molecule has 0 bridgehead atoms. The molecule has 1 aliphatic rings. The van der Waals surface area contributed by atoms with Gasteiger partial charge in [-0.15, -0.1) is 0 Å². The van der Waals surface area contributed by atoms with Crippen LogP contribution in [0.2, 0.25) is 10.0 Å². The molecule has 1 heterocycles. The third kappa shape index (κ3) is 9.07. The number of nitrogens with one attached hydrogen (secondary N) is 4. The Hall–Kier alpha value is -2.97. The molecule has 0 radical (unpaired) electrons. The molecule has 1 saturated carbocycles. The molecule has 0 atom stereocenters. The Morgan fingerprint density at radius 2 is 1.73 bits per heavy atom. The Kier molecular flexibility index (Phi) is 10.4. The van der Waals surface area contributed by atoms with Crippen LogP contribution in [0.5, 0.6) is 5.75 Å². The van der Waals surface area contributed by atoms with Gasteiger partial charge < -0.3 is 25.7 Å². The van der Waals surface area contributed by atoms with Crippen LogP contribution >= 0.6 is 23.2 Å². The van der Waals surface area contributed by atoms with Gasteiger partial charge in [0.1, 0.15) is 5.52 Å². The second kappa shape index (κ2) is 13.4. The van der Waals surface area contributed by atoms with Gasteiger partial charge in [0.15, 0.2) is 18.2 Å². The van der Waals surface area contributed by atoms with Gasteiger partial charge in [-0.2, -0.15) is 26.3 Å². The summed E-state index contributed by atoms with van der Waals surface area (Å²) in [5.41, 5.74) is -0.151. The van der Waals surface area contributed by atoms with E-state index in [1.807, 2.05) is 0 Å². The van der Waals surface area contributed by atoms with Gasteiger partial charge in [-0.3, -0.25) is 4.79 Å². The fourth-order valence-corrected chi connectivity index (χ4v) is 5.51. The first-order valence-corrected chi connectivity index (χ1v) is 14.8. The van der Waals surface area contributed by atoms with Crippen LogP contribution in [-0.4, -0.2) is 47.4 Å². The minimum absolute atomic E-state index is 0.0101. The van der Waals surface area contributed by atoms with Crippen molar-refractivity contribution in [3.05, 3.63) is 45.2 Å². The van der Waals surface area contributed by atoms with Gasteiger partial charge in [0.2, 0.25) is 5.95 Å². The molecule has 4 rings (SSSR count). The van der Waals surface area contributed by atoms with Crippen molar-refractivity contribution >= 4 is 51.8 Å². The molecule has 1 aromatic heterocycles. The highest BCUT2D eigenvalue weighted by atomic mass is 35.5. The lowest BCUT2D eigenvalue weighted by atomic mass is 9.85. The molecule has 0 aliphatic heterocycles. The van der Waals surface area contributed by atoms with Crippen molar-refractivity contribution in [2.75, 3.05) is 18.5 Å². The predicted molar refractivity (Wildman–Crippen MR) is 158 cm³/mol. The van der Waals surface area contributed by atoms with Crippen LogP contribution in [0.1, 0.15) is 62.4 Å². The number of benzene rings is 2. The second-order valence-corrected chi connectivity index (χ2v) is 13.0. The molecule has 4 N–H and O–H groups in total. The number of H-pyrrole nitrogens is 1. The van der Waals surface area contributed by atoms with Crippen molar-refractivity contribution in [3.8, 4) is 5.75 Å². The van der Waals surface area contributed by atoms with E-state index >= 15 is 4.39 Å². The zero-order valence-corrected chi connectivity index (χ0v) is 26.0. The van der Waals surface area contributed by atoms with Gasteiger partial charge in [-0.1, -0.05) is 50.0 Å². The predicted octanol–water partition coefficient (Wildman–Crippen LogP) is 8.68. The number of imidazole rings is 1. The molecule has 45 heavy (non-hydrogen) atoms. The normalized spacial score (nSPS) is 17.9. The Morgan fingerprint density at radius 1 is 1.07 bits per heavy atom. The highest BCUT2D eigenvalue weighted by Crippen LogP contribution is 2.39. The van der Waals surface area contributed by atoms with Crippen LogP contribution in [0, 0.1) is 17.2 Å². The van der Waals surface area contributed by atoms with Gasteiger partial charge >= 0.3 is 12.4 Å². The number of carbonyl (C=O) groups excluding carboxylic acids is 1. The smallest absolute Gasteiger partial charge is 0.422 e. The average molecular weight is 687 g/mol. The summed E-state index contributed by atoms with van der Waals surface area (Å²) >= 11 is 13.0. The molecule has 1 amide bonds. The number of ether oxygens (including phenoxy) is 1. The Morgan fingerprint density at radius 3 is 2.33 bits per heavy atom. The topological polar surface area (TPSA) is 91.1 Å². The lowest BCUT2D eigenvalue weighted by Crippen LogP contribution is -2.40. The molecule has 3 aromatic rings. The lowest BCUT2D eigenvalue weighted by molar-refractivity contribution is -0.182. The van der Waals surface area contributed by atoms with Crippen LogP contribution in [0.25, 0.3) is 11.0 Å². The number of hydrogen-bond donors (Lipinski definition) is 4. The SMILES string of the molecule is CC(C)(C)CNCc1ccc(Cl)c(Nc2nc3c(F)c(OCC(F)(F)F)c(C(=O)NC4CCC(C(F)(F)F)CC4)cc3[nH]2)c1Cl. The van der Waals surface area contributed by atoms with E-state index in [2.05, 4.69) is 46.7 Å². The summed E-state index contributed by atoms with van der Waals surface area (Å²) in [4.78, 5) is 20.0. The number of hydrogen-bond acceptors (Lipinski definition) is 5. The molecule has 2 aromatic carbocycles. The van der Waals surface area contributed by atoms with Gasteiger partial charge in [0, 0.05) is 19.1 Å². The number of carbonyl (C=O) groups is 1. The average Bonchev–Trinajstić information content (AvgIpc) is 3.33. The number of fused-ring (bicyclic) bond motifs is 1. The standard InChI is InChI=1S/C29H32Cl2F7N5O2/c1-27(2,3)12-39-11-14-4-9-18(30)22(20(14)31)42-26-41-19-10-17(24(21(32)23(19)43-26)45-13-28(33,34)35)25(44)40-16-7-5-15(6-8-16)29(36,37)38/h4,9-10,15-16,39H,5-8,11-13H2,1-3H3,(H,40,44)(H2,41,42,43). The first-order valence-electron chi connectivity index (χ1n) is 14.1. The maximum Gasteiger partial charge on any atom is 0.422 e. The number of anilines is 2. The van der Waals surface area contributed by atoms with Crippen molar-refractivity contribution < 1.29 is 40.3 Å². The Labute approximate surface area is 264 Å². The zero-order valence-electron chi connectivity index (χ0n) is 24.5. The Bertz CT molecular complexity index is 1530. The van der Waals surface area contributed by atoms with Crippen molar-refractivity contribution in [2.45, 2.75) is 71.4 Å². The van der Waals surface area contributed by atoms with Crippen molar-refractivity contribution in [1.29, 1.82) is 0 Å². The molecule has 1 aliphatic carbocycles. The van der Waals surface area contributed by atoms with E-state index in [0.29, 0.717) is 18.7 Å². The minimum atomic E-state index is -4.86. The number of aromatic nitrogens is 2. The van der Waals surface area contributed by atoms with E-state index in [4.69, 9.17) is 27.9 Å². The molecule has 0 unspecified atom stereocenters. The summed E-state index contributed by atoms with van der Waals surface area (Å²) in [6.45, 7) is 5.40. The summed E-state index contributed by atoms with van der Waals surface area (Å²) in [5, 5.41) is 9.13. The van der Waals surface area contributed by atoms with Crippen LogP contribution in [0.4, 0.5) is 42.4 Å². The van der Waals surface area contributed by atoms with Gasteiger partial charge in [0.05, 0.1) is 32.7 Å². The highest BCUT2D eigenvalue weighted by Gasteiger charge is 2.42. The van der Waals surface area contributed by atoms with Gasteiger partial charge in [0.25, 0.3) is 5.91 Å². The summed E-state index contributed by atoms with van der Waals surface area (Å²) in [6, 6.07) is 3.70. The van der Waals surface area contributed by atoms with Crippen LogP contribution < -0.4 is 20.7 Å². The molecule has 0 spiro atoms. The molecular weight excluding hydrogens is 654 g/mol. The number of rotatable bonds is 9. The van der Waals surface area contributed by atoms with E-state index in [-0.39, 0.29) is 58.3 Å². The van der Waals surface area contributed by atoms with E-state index < -0.39 is 59.5 Å². The van der Waals surface area contributed by atoms with E-state index in [9.17, 15) is 31.1 Å². The third-order valence-electron chi connectivity index (χ3n) is 7.21. The first-order chi connectivity index (χ1) is 20.8. The molecule has 1 fully saturated rings. The van der Waals surface area contributed by atoms with Crippen LogP contribution in [-0.2, 0) is 6.54 Å². The maximum atomic E-state index is 15.7. The number of halogens is 9. The van der Waals surface area contributed by atoms with E-state index in [0.717, 1.165) is 6.07 Å². The number of alkyl halides is 6. The fraction of sp³-hybridized carbons (Fsp3) is 0.517. The molecule has 248 valence electrons. The molecular formula is C29H32Cl2F7N5O2. The zero-order chi connectivity index (χ0) is 33.3. The number of amides is 1. The minimum Gasteiger partial charge on any atom is -0.480 e. The summed E-state index contributed by atoms with van der Waals surface area (Å²) in [6.07, 6.45) is -9.70. The van der Waals surface area contributed by atoms with Crippen molar-refractivity contribution in [2.24, 2.45) is 11.3 Å². The van der Waals surface area contributed by atoms with E-state index in [1.165, 1.54) is 0 Å². The van der Waals surface area contributed by atoms with Crippen LogP contribution in [0.15, 0.2) is 18.2 Å². The van der Waals surface area contributed by atoms with Crippen LogP contribution in [0.3, 0.4) is 0 Å². The third-order valence-corrected chi connectivity index (χ3v) is 7.95. The summed E-state index contributed by atoms with van der Waals surface area (Å²) in [7, 11) is 0. The summed E-state index contributed by atoms with van der Waals surface area (Å²) < 4.78 is 98.6.